The van der Waals surface area contributed by atoms with Gasteiger partial charge in [0.05, 0.1) is 10.9 Å². The normalized spacial score (nSPS) is 23.4. The minimum absolute atomic E-state index is 0.264. The zero-order valence-electron chi connectivity index (χ0n) is 15.6. The number of pyridine rings is 1. The molecule has 26 heavy (non-hydrogen) atoms. The molecule has 0 unspecified atom stereocenters. The van der Waals surface area contributed by atoms with E-state index >= 15 is 0 Å². The zero-order valence-corrected chi connectivity index (χ0v) is 15.6. The number of amides is 1. The molecule has 1 aromatic carbocycles. The van der Waals surface area contributed by atoms with Crippen LogP contribution in [0.4, 0.5) is 10.2 Å². The van der Waals surface area contributed by atoms with Gasteiger partial charge in [-0.05, 0) is 56.4 Å². The molecule has 1 spiro atoms. The predicted octanol–water partition coefficient (Wildman–Crippen LogP) is 3.91. The third-order valence-electron chi connectivity index (χ3n) is 5.96. The van der Waals surface area contributed by atoms with E-state index < -0.39 is 0 Å². The lowest BCUT2D eigenvalue weighted by Gasteiger charge is -2.39. The highest BCUT2D eigenvalue weighted by molar-refractivity contribution is 5.86. The van der Waals surface area contributed by atoms with Crippen molar-refractivity contribution in [3.8, 4) is 0 Å². The first-order valence-corrected chi connectivity index (χ1v) is 9.64. The monoisotopic (exact) mass is 355 g/mol. The number of halogens is 1. The van der Waals surface area contributed by atoms with Crippen LogP contribution in [0.3, 0.4) is 0 Å². The summed E-state index contributed by atoms with van der Waals surface area (Å²) in [4.78, 5) is 22.0. The molecule has 138 valence electrons. The van der Waals surface area contributed by atoms with Gasteiger partial charge < -0.3 is 9.80 Å². The Morgan fingerprint density at radius 1 is 1.23 bits per heavy atom. The number of hydrogen-bond acceptors (Lipinski definition) is 3. The second-order valence-electron chi connectivity index (χ2n) is 7.81. The lowest BCUT2D eigenvalue weighted by Crippen LogP contribution is -2.50. The van der Waals surface area contributed by atoms with Crippen molar-refractivity contribution in [3.05, 3.63) is 35.6 Å². The topological polar surface area (TPSA) is 36.4 Å². The van der Waals surface area contributed by atoms with Crippen molar-refractivity contribution >= 4 is 22.6 Å². The standard InChI is InChI=1S/C21H26FN3O/c1-3-9-24-10-4-7-21(20(24)26)8-11-25(14-21)19-12-15(2)17-6-5-16(22)13-18(17)23-19/h5-6,12-13H,3-4,7-11,14H2,1-2H3/t21-/m0/s1. The van der Waals surface area contributed by atoms with Crippen LogP contribution in [0.15, 0.2) is 24.3 Å². The Hall–Kier alpha value is -2.17. The van der Waals surface area contributed by atoms with Crippen molar-refractivity contribution in [1.82, 2.24) is 9.88 Å². The highest BCUT2D eigenvalue weighted by Crippen LogP contribution is 2.41. The summed E-state index contributed by atoms with van der Waals surface area (Å²) in [5.74, 6) is 0.909. The molecule has 0 radical (unpaired) electrons. The largest absolute Gasteiger partial charge is 0.355 e. The van der Waals surface area contributed by atoms with Crippen molar-refractivity contribution in [2.45, 2.75) is 39.5 Å². The minimum Gasteiger partial charge on any atom is -0.355 e. The molecule has 2 saturated heterocycles. The van der Waals surface area contributed by atoms with Gasteiger partial charge in [-0.2, -0.15) is 0 Å². The number of carbonyl (C=O) groups is 1. The molecule has 0 saturated carbocycles. The van der Waals surface area contributed by atoms with Crippen LogP contribution < -0.4 is 4.90 Å². The van der Waals surface area contributed by atoms with Crippen molar-refractivity contribution in [2.75, 3.05) is 31.1 Å². The molecule has 2 fully saturated rings. The van der Waals surface area contributed by atoms with E-state index in [4.69, 9.17) is 4.98 Å². The van der Waals surface area contributed by atoms with E-state index in [9.17, 15) is 9.18 Å². The van der Waals surface area contributed by atoms with Crippen molar-refractivity contribution in [3.63, 3.8) is 0 Å². The van der Waals surface area contributed by atoms with Gasteiger partial charge in [0.1, 0.15) is 11.6 Å². The van der Waals surface area contributed by atoms with Crippen LogP contribution in [0.5, 0.6) is 0 Å². The highest BCUT2D eigenvalue weighted by Gasteiger charge is 2.48. The minimum atomic E-state index is -0.267. The number of nitrogens with zero attached hydrogens (tertiary/aromatic N) is 3. The summed E-state index contributed by atoms with van der Waals surface area (Å²) >= 11 is 0. The SMILES string of the molecule is CCCN1CCC[C@@]2(CCN(c3cc(C)c4ccc(F)cc4n3)C2)C1=O. The third-order valence-corrected chi connectivity index (χ3v) is 5.96. The Morgan fingerprint density at radius 3 is 2.88 bits per heavy atom. The van der Waals surface area contributed by atoms with Crippen LogP contribution in [0.1, 0.15) is 38.2 Å². The molecule has 2 aliphatic rings. The maximum atomic E-state index is 13.6. The molecule has 1 atom stereocenters. The van der Waals surface area contributed by atoms with Crippen LogP contribution in [0.25, 0.3) is 10.9 Å². The van der Waals surface area contributed by atoms with E-state index in [1.54, 1.807) is 6.07 Å². The fraction of sp³-hybridized carbons (Fsp3) is 0.524. The Morgan fingerprint density at radius 2 is 2.08 bits per heavy atom. The first kappa shape index (κ1) is 17.3. The summed E-state index contributed by atoms with van der Waals surface area (Å²) in [5, 5.41) is 0.979. The molecule has 2 aliphatic heterocycles. The van der Waals surface area contributed by atoms with E-state index in [1.165, 1.54) is 12.1 Å². The average Bonchev–Trinajstić information content (AvgIpc) is 3.04. The number of carbonyl (C=O) groups excluding carboxylic acids is 1. The number of piperidine rings is 1. The molecule has 4 rings (SSSR count). The summed E-state index contributed by atoms with van der Waals surface area (Å²) in [6.07, 6.45) is 3.93. The van der Waals surface area contributed by atoms with Crippen LogP contribution in [0.2, 0.25) is 0 Å². The summed E-state index contributed by atoms with van der Waals surface area (Å²) in [6, 6.07) is 6.82. The summed E-state index contributed by atoms with van der Waals surface area (Å²) in [6.45, 7) is 7.45. The highest BCUT2D eigenvalue weighted by atomic mass is 19.1. The molecule has 0 aliphatic carbocycles. The van der Waals surface area contributed by atoms with Crippen LogP contribution in [0, 0.1) is 18.2 Å². The lowest BCUT2D eigenvalue weighted by atomic mass is 9.78. The van der Waals surface area contributed by atoms with Crippen molar-refractivity contribution in [1.29, 1.82) is 0 Å². The first-order valence-electron chi connectivity index (χ1n) is 9.64. The molecule has 0 bridgehead atoms. The van der Waals surface area contributed by atoms with Gasteiger partial charge in [0.2, 0.25) is 5.91 Å². The molecular formula is C21H26FN3O. The smallest absolute Gasteiger partial charge is 0.230 e. The molecule has 1 amide bonds. The van der Waals surface area contributed by atoms with E-state index in [1.807, 2.05) is 11.8 Å². The maximum absolute atomic E-state index is 13.6. The number of likely N-dealkylation sites (tertiary alicyclic amines) is 1. The number of hydrogen-bond donors (Lipinski definition) is 0. The van der Waals surface area contributed by atoms with Gasteiger partial charge in [0.25, 0.3) is 0 Å². The molecule has 1 aromatic heterocycles. The van der Waals surface area contributed by atoms with E-state index in [0.717, 1.165) is 68.6 Å². The lowest BCUT2D eigenvalue weighted by molar-refractivity contribution is -0.145. The number of rotatable bonds is 3. The van der Waals surface area contributed by atoms with Crippen LogP contribution >= 0.6 is 0 Å². The molecule has 5 heteroatoms. The second kappa shape index (κ2) is 6.53. The van der Waals surface area contributed by atoms with E-state index in [-0.39, 0.29) is 11.2 Å². The van der Waals surface area contributed by atoms with E-state index in [2.05, 4.69) is 17.9 Å². The van der Waals surface area contributed by atoms with Gasteiger partial charge in [0, 0.05) is 37.6 Å². The van der Waals surface area contributed by atoms with Gasteiger partial charge in [-0.1, -0.05) is 6.92 Å². The molecule has 2 aromatic rings. The number of fused-ring (bicyclic) bond motifs is 1. The quantitative estimate of drug-likeness (QED) is 0.837. The number of aryl methyl sites for hydroxylation is 1. The van der Waals surface area contributed by atoms with Gasteiger partial charge >= 0.3 is 0 Å². The summed E-state index contributed by atoms with van der Waals surface area (Å²) < 4.78 is 13.6. The zero-order chi connectivity index (χ0) is 18.3. The summed E-state index contributed by atoms with van der Waals surface area (Å²) in [7, 11) is 0. The Bertz CT molecular complexity index is 851. The van der Waals surface area contributed by atoms with Crippen LogP contribution in [-0.2, 0) is 4.79 Å². The number of anilines is 1. The van der Waals surface area contributed by atoms with E-state index in [0.29, 0.717) is 11.4 Å². The van der Waals surface area contributed by atoms with Gasteiger partial charge in [-0.3, -0.25) is 4.79 Å². The Kier molecular flexibility index (Phi) is 4.33. The van der Waals surface area contributed by atoms with Gasteiger partial charge in [-0.15, -0.1) is 0 Å². The fourth-order valence-corrected chi connectivity index (χ4v) is 4.60. The van der Waals surface area contributed by atoms with Gasteiger partial charge in [0.15, 0.2) is 0 Å². The van der Waals surface area contributed by atoms with Crippen molar-refractivity contribution < 1.29 is 9.18 Å². The summed E-state index contributed by atoms with van der Waals surface area (Å²) in [5.41, 5.74) is 1.51. The number of benzene rings is 1. The van der Waals surface area contributed by atoms with Crippen LogP contribution in [-0.4, -0.2) is 42.0 Å². The average molecular weight is 355 g/mol. The molecule has 4 nitrogen and oxygen atoms in total. The first-order chi connectivity index (χ1) is 12.5. The Labute approximate surface area is 154 Å². The predicted molar refractivity (Wildman–Crippen MR) is 102 cm³/mol. The molecule has 3 heterocycles. The number of aromatic nitrogens is 1. The molecule has 0 N–H and O–H groups in total. The maximum Gasteiger partial charge on any atom is 0.230 e. The van der Waals surface area contributed by atoms with Crippen molar-refractivity contribution in [2.24, 2.45) is 5.41 Å². The van der Waals surface area contributed by atoms with Gasteiger partial charge in [-0.25, -0.2) is 9.37 Å². The molecular weight excluding hydrogens is 329 g/mol. The Balaban J connectivity index is 1.62. The fourth-order valence-electron chi connectivity index (χ4n) is 4.60. The second-order valence-corrected chi connectivity index (χ2v) is 7.81. The third kappa shape index (κ3) is 2.83.